The Hall–Kier alpha value is -3.48. The fourth-order valence-corrected chi connectivity index (χ4v) is 3.34. The Bertz CT molecular complexity index is 984. The second-order valence-electron chi connectivity index (χ2n) is 6.82. The summed E-state index contributed by atoms with van der Waals surface area (Å²) >= 11 is 0. The highest BCUT2D eigenvalue weighted by Gasteiger charge is 2.18. The zero-order valence-electron chi connectivity index (χ0n) is 15.7. The number of aromatic nitrogens is 1. The van der Waals surface area contributed by atoms with Gasteiger partial charge in [0.2, 0.25) is 0 Å². The number of amides is 1. The number of carbonyl (C=O) groups excluding carboxylic acids is 1. The van der Waals surface area contributed by atoms with Gasteiger partial charge >= 0.3 is 0 Å². The molecule has 1 amide bonds. The zero-order valence-corrected chi connectivity index (χ0v) is 15.7. The summed E-state index contributed by atoms with van der Waals surface area (Å²) in [5.41, 5.74) is 2.60. The normalized spacial score (nSPS) is 14.0. The lowest BCUT2D eigenvalue weighted by Crippen LogP contribution is -2.46. The average Bonchev–Trinajstić information content (AvgIpc) is 2.75. The number of piperazine rings is 1. The van der Waals surface area contributed by atoms with E-state index in [-0.39, 0.29) is 17.4 Å². The highest BCUT2D eigenvalue weighted by molar-refractivity contribution is 6.02. The van der Waals surface area contributed by atoms with Gasteiger partial charge in [0, 0.05) is 37.6 Å². The van der Waals surface area contributed by atoms with Crippen LogP contribution in [0, 0.1) is 11.6 Å². The Labute approximate surface area is 167 Å². The molecule has 4 rings (SSSR count). The second kappa shape index (κ2) is 8.26. The van der Waals surface area contributed by atoms with Crippen molar-refractivity contribution in [3.63, 3.8) is 0 Å². The van der Waals surface area contributed by atoms with E-state index in [2.05, 4.69) is 20.1 Å². The van der Waals surface area contributed by atoms with Gasteiger partial charge in [-0.3, -0.25) is 4.79 Å². The molecule has 2 aromatic carbocycles. The largest absolute Gasteiger partial charge is 0.368 e. The van der Waals surface area contributed by atoms with Gasteiger partial charge in [-0.2, -0.15) is 0 Å². The number of hydrogen-bond acceptors (Lipinski definition) is 4. The Morgan fingerprint density at radius 2 is 1.48 bits per heavy atom. The molecule has 29 heavy (non-hydrogen) atoms. The van der Waals surface area contributed by atoms with Gasteiger partial charge in [-0.15, -0.1) is 0 Å². The number of halogens is 2. The van der Waals surface area contributed by atoms with E-state index >= 15 is 0 Å². The van der Waals surface area contributed by atoms with E-state index in [0.717, 1.165) is 37.6 Å². The van der Waals surface area contributed by atoms with Crippen LogP contribution in [0.2, 0.25) is 0 Å². The molecule has 1 fully saturated rings. The Morgan fingerprint density at radius 1 is 0.828 bits per heavy atom. The molecule has 1 N–H and O–H groups in total. The van der Waals surface area contributed by atoms with Crippen LogP contribution in [0.5, 0.6) is 0 Å². The molecule has 0 saturated carbocycles. The molecule has 148 valence electrons. The number of nitrogens with one attached hydrogen (secondary N) is 1. The Kier molecular flexibility index (Phi) is 5.37. The fraction of sp³-hybridized carbons (Fsp3) is 0.182. The van der Waals surface area contributed by atoms with Crippen LogP contribution in [0.3, 0.4) is 0 Å². The Morgan fingerprint density at radius 3 is 2.10 bits per heavy atom. The van der Waals surface area contributed by atoms with Crippen molar-refractivity contribution in [3.8, 4) is 0 Å². The van der Waals surface area contributed by atoms with Gasteiger partial charge in [0.15, 0.2) is 0 Å². The maximum absolute atomic E-state index is 13.2. The van der Waals surface area contributed by atoms with E-state index in [1.165, 1.54) is 30.3 Å². The van der Waals surface area contributed by atoms with Crippen LogP contribution < -0.4 is 15.1 Å². The SMILES string of the molecule is O=C(Nc1cccc(F)c1)c1ccc(N2CCN(c3ccc(F)cc3)CC2)cn1. The van der Waals surface area contributed by atoms with Crippen molar-refractivity contribution in [1.29, 1.82) is 0 Å². The van der Waals surface area contributed by atoms with Gasteiger partial charge < -0.3 is 15.1 Å². The molecule has 1 aliphatic rings. The average molecular weight is 394 g/mol. The standard InChI is InChI=1S/C22H20F2N4O/c23-16-4-6-19(7-5-16)27-10-12-28(13-11-27)20-8-9-21(25-15-20)22(29)26-18-3-1-2-17(24)14-18/h1-9,14-15H,10-13H2,(H,26,29). The lowest BCUT2D eigenvalue weighted by Gasteiger charge is -2.37. The summed E-state index contributed by atoms with van der Waals surface area (Å²) < 4.78 is 26.3. The number of pyridine rings is 1. The molecule has 0 unspecified atom stereocenters. The summed E-state index contributed by atoms with van der Waals surface area (Å²) in [6.45, 7) is 3.22. The first-order valence-corrected chi connectivity index (χ1v) is 9.37. The molecule has 5 nitrogen and oxygen atoms in total. The Balaban J connectivity index is 1.36. The number of carbonyl (C=O) groups is 1. The molecule has 1 saturated heterocycles. The second-order valence-corrected chi connectivity index (χ2v) is 6.82. The van der Waals surface area contributed by atoms with Crippen molar-refractivity contribution < 1.29 is 13.6 Å². The topological polar surface area (TPSA) is 48.5 Å². The summed E-state index contributed by atoms with van der Waals surface area (Å²) in [6.07, 6.45) is 1.67. The summed E-state index contributed by atoms with van der Waals surface area (Å²) in [6, 6.07) is 15.8. The van der Waals surface area contributed by atoms with Gasteiger partial charge in [0.25, 0.3) is 5.91 Å². The lowest BCUT2D eigenvalue weighted by molar-refractivity contribution is 0.102. The number of benzene rings is 2. The van der Waals surface area contributed by atoms with Crippen LogP contribution in [-0.2, 0) is 0 Å². The smallest absolute Gasteiger partial charge is 0.274 e. The number of hydrogen-bond donors (Lipinski definition) is 1. The summed E-state index contributed by atoms with van der Waals surface area (Å²) in [4.78, 5) is 21.0. The molecule has 0 atom stereocenters. The molecule has 0 radical (unpaired) electrons. The minimum absolute atomic E-state index is 0.236. The first kappa shape index (κ1) is 18.9. The van der Waals surface area contributed by atoms with E-state index < -0.39 is 5.82 Å². The van der Waals surface area contributed by atoms with Crippen molar-refractivity contribution in [3.05, 3.63) is 84.2 Å². The van der Waals surface area contributed by atoms with Crippen molar-refractivity contribution in [2.24, 2.45) is 0 Å². The third-order valence-corrected chi connectivity index (χ3v) is 4.90. The van der Waals surface area contributed by atoms with Crippen LogP contribution in [-0.4, -0.2) is 37.1 Å². The van der Waals surface area contributed by atoms with Crippen LogP contribution in [0.4, 0.5) is 25.8 Å². The summed E-state index contributed by atoms with van der Waals surface area (Å²) in [5, 5.41) is 2.64. The van der Waals surface area contributed by atoms with Gasteiger partial charge in [0.1, 0.15) is 17.3 Å². The number of anilines is 3. The molecular weight excluding hydrogens is 374 g/mol. The van der Waals surface area contributed by atoms with E-state index in [1.807, 2.05) is 6.07 Å². The fourth-order valence-electron chi connectivity index (χ4n) is 3.34. The van der Waals surface area contributed by atoms with Crippen molar-refractivity contribution in [2.45, 2.75) is 0 Å². The molecular formula is C22H20F2N4O. The van der Waals surface area contributed by atoms with Crippen LogP contribution in [0.1, 0.15) is 10.5 Å². The highest BCUT2D eigenvalue weighted by atomic mass is 19.1. The van der Waals surface area contributed by atoms with Gasteiger partial charge in [0.05, 0.1) is 11.9 Å². The first-order chi connectivity index (χ1) is 14.1. The van der Waals surface area contributed by atoms with E-state index in [9.17, 15) is 13.6 Å². The van der Waals surface area contributed by atoms with E-state index in [1.54, 1.807) is 30.5 Å². The third-order valence-electron chi connectivity index (χ3n) is 4.90. The van der Waals surface area contributed by atoms with Crippen LogP contribution in [0.15, 0.2) is 66.9 Å². The molecule has 1 aliphatic heterocycles. The maximum Gasteiger partial charge on any atom is 0.274 e. The minimum atomic E-state index is -0.411. The van der Waals surface area contributed by atoms with Gasteiger partial charge in [-0.1, -0.05) is 6.07 Å². The predicted molar refractivity (Wildman–Crippen MR) is 109 cm³/mol. The van der Waals surface area contributed by atoms with E-state index in [4.69, 9.17) is 0 Å². The predicted octanol–water partition coefficient (Wildman–Crippen LogP) is 3.94. The van der Waals surface area contributed by atoms with Gasteiger partial charge in [-0.25, -0.2) is 13.8 Å². The van der Waals surface area contributed by atoms with Crippen molar-refractivity contribution in [2.75, 3.05) is 41.3 Å². The minimum Gasteiger partial charge on any atom is -0.368 e. The monoisotopic (exact) mass is 394 g/mol. The summed E-state index contributed by atoms with van der Waals surface area (Å²) in [7, 11) is 0. The molecule has 7 heteroatoms. The maximum atomic E-state index is 13.2. The highest BCUT2D eigenvalue weighted by Crippen LogP contribution is 2.21. The van der Waals surface area contributed by atoms with Gasteiger partial charge in [-0.05, 0) is 54.6 Å². The number of rotatable bonds is 4. The number of nitrogens with zero attached hydrogens (tertiary/aromatic N) is 3. The molecule has 0 aliphatic carbocycles. The van der Waals surface area contributed by atoms with Crippen molar-refractivity contribution >= 4 is 23.0 Å². The molecule has 0 bridgehead atoms. The molecule has 2 heterocycles. The van der Waals surface area contributed by atoms with Crippen LogP contribution >= 0.6 is 0 Å². The molecule has 3 aromatic rings. The zero-order chi connectivity index (χ0) is 20.2. The molecule has 1 aromatic heterocycles. The quantitative estimate of drug-likeness (QED) is 0.728. The lowest BCUT2D eigenvalue weighted by atomic mass is 10.2. The van der Waals surface area contributed by atoms with Crippen LogP contribution in [0.25, 0.3) is 0 Å². The van der Waals surface area contributed by atoms with E-state index in [0.29, 0.717) is 5.69 Å². The third kappa shape index (κ3) is 4.51. The van der Waals surface area contributed by atoms with Crippen molar-refractivity contribution in [1.82, 2.24) is 4.98 Å². The molecule has 0 spiro atoms. The summed E-state index contributed by atoms with van der Waals surface area (Å²) in [5.74, 6) is -1.03. The first-order valence-electron chi connectivity index (χ1n) is 9.37.